The van der Waals surface area contributed by atoms with Gasteiger partial charge in [0, 0.05) is 44.0 Å². The molecular formula is C14H19FN6OS. The topological polar surface area (TPSA) is 75.1 Å². The van der Waals surface area contributed by atoms with E-state index in [1.54, 1.807) is 41.7 Å². The van der Waals surface area contributed by atoms with Gasteiger partial charge in [-0.3, -0.25) is 9.58 Å². The molecule has 2 atom stereocenters. The van der Waals surface area contributed by atoms with Gasteiger partial charge in [0.05, 0.1) is 18.4 Å². The Bertz CT molecular complexity index is 645. The van der Waals surface area contributed by atoms with Crippen LogP contribution in [0, 0.1) is 0 Å². The van der Waals surface area contributed by atoms with Gasteiger partial charge in [0.25, 0.3) is 0 Å². The number of likely N-dealkylation sites (tertiary alicyclic amines) is 1. The van der Waals surface area contributed by atoms with Crippen molar-refractivity contribution in [2.24, 2.45) is 7.05 Å². The van der Waals surface area contributed by atoms with Crippen LogP contribution in [-0.2, 0) is 13.6 Å². The van der Waals surface area contributed by atoms with Crippen LogP contribution >= 0.6 is 11.3 Å². The molecule has 0 saturated carbocycles. The van der Waals surface area contributed by atoms with E-state index in [0.29, 0.717) is 31.7 Å². The summed E-state index contributed by atoms with van der Waals surface area (Å²) in [4.78, 5) is 18.2. The number of aromatic nitrogens is 3. The van der Waals surface area contributed by atoms with Crippen LogP contribution in [0.4, 0.5) is 14.9 Å². The maximum Gasteiger partial charge on any atom is 0.319 e. The number of amides is 2. The van der Waals surface area contributed by atoms with E-state index in [1.807, 2.05) is 10.3 Å². The first-order chi connectivity index (χ1) is 11.1. The zero-order chi connectivity index (χ0) is 16.2. The summed E-state index contributed by atoms with van der Waals surface area (Å²) in [6.07, 6.45) is 4.60. The highest BCUT2D eigenvalue weighted by molar-refractivity contribution is 7.09. The number of hydrogen-bond donors (Lipinski definition) is 2. The summed E-state index contributed by atoms with van der Waals surface area (Å²) >= 11 is 1.56. The van der Waals surface area contributed by atoms with Crippen molar-refractivity contribution in [3.8, 4) is 0 Å². The van der Waals surface area contributed by atoms with E-state index in [0.717, 1.165) is 5.01 Å². The first-order valence-corrected chi connectivity index (χ1v) is 8.28. The van der Waals surface area contributed by atoms with Gasteiger partial charge < -0.3 is 10.6 Å². The predicted octanol–water partition coefficient (Wildman–Crippen LogP) is 1.61. The molecule has 2 aromatic rings. The van der Waals surface area contributed by atoms with Crippen molar-refractivity contribution in [1.29, 1.82) is 0 Å². The number of thiazole rings is 1. The number of nitrogens with one attached hydrogen (secondary N) is 2. The number of halogens is 1. The Kier molecular flexibility index (Phi) is 4.87. The first kappa shape index (κ1) is 15.9. The van der Waals surface area contributed by atoms with E-state index in [4.69, 9.17) is 0 Å². The van der Waals surface area contributed by atoms with Crippen LogP contribution in [0.5, 0.6) is 0 Å². The van der Waals surface area contributed by atoms with Gasteiger partial charge >= 0.3 is 6.03 Å². The molecule has 2 amide bonds. The molecule has 0 aromatic carbocycles. The molecule has 1 aliphatic heterocycles. The molecule has 1 fully saturated rings. The minimum Gasteiger partial charge on any atom is -0.336 e. The summed E-state index contributed by atoms with van der Waals surface area (Å²) < 4.78 is 15.3. The average Bonchev–Trinajstić information content (AvgIpc) is 3.21. The standard InChI is InChI=1S/C14H19FN6OS/c1-20-8-11(5-18-20)19-14(22)17-6-12-4-10(15)7-21(12)9-13-16-2-3-23-13/h2-3,5,8,10,12H,4,6-7,9H2,1H3,(H2,17,19,22)/t10-,12-/m0/s1. The van der Waals surface area contributed by atoms with Gasteiger partial charge in [-0.25, -0.2) is 14.2 Å². The molecular weight excluding hydrogens is 319 g/mol. The van der Waals surface area contributed by atoms with Crippen LogP contribution in [0.3, 0.4) is 0 Å². The lowest BCUT2D eigenvalue weighted by Crippen LogP contribution is -2.41. The molecule has 2 N–H and O–H groups in total. The van der Waals surface area contributed by atoms with E-state index < -0.39 is 6.17 Å². The van der Waals surface area contributed by atoms with Crippen molar-refractivity contribution in [3.05, 3.63) is 29.0 Å². The quantitative estimate of drug-likeness (QED) is 0.868. The summed E-state index contributed by atoms with van der Waals surface area (Å²) in [5, 5.41) is 12.4. The highest BCUT2D eigenvalue weighted by Gasteiger charge is 2.32. The molecule has 7 nitrogen and oxygen atoms in total. The van der Waals surface area contributed by atoms with E-state index in [-0.39, 0.29) is 12.1 Å². The van der Waals surface area contributed by atoms with E-state index in [1.165, 1.54) is 0 Å². The summed E-state index contributed by atoms with van der Waals surface area (Å²) in [5.41, 5.74) is 0.624. The average molecular weight is 338 g/mol. The van der Waals surface area contributed by atoms with Gasteiger partial charge in [-0.05, 0) is 6.42 Å². The molecule has 0 radical (unpaired) electrons. The molecule has 124 valence electrons. The zero-order valence-electron chi connectivity index (χ0n) is 12.8. The fourth-order valence-corrected chi connectivity index (χ4v) is 3.35. The Morgan fingerprint density at radius 3 is 3.13 bits per heavy atom. The molecule has 0 spiro atoms. The van der Waals surface area contributed by atoms with Crippen LogP contribution in [0.15, 0.2) is 24.0 Å². The molecule has 0 bridgehead atoms. The molecule has 3 rings (SSSR count). The Morgan fingerprint density at radius 1 is 1.57 bits per heavy atom. The minimum atomic E-state index is -0.858. The number of alkyl halides is 1. The lowest BCUT2D eigenvalue weighted by Gasteiger charge is -2.23. The van der Waals surface area contributed by atoms with Gasteiger partial charge in [-0.15, -0.1) is 11.3 Å². The van der Waals surface area contributed by atoms with Crippen molar-refractivity contribution in [3.63, 3.8) is 0 Å². The smallest absolute Gasteiger partial charge is 0.319 e. The Balaban J connectivity index is 1.50. The van der Waals surface area contributed by atoms with E-state index in [9.17, 15) is 9.18 Å². The normalized spacial score (nSPS) is 21.5. The van der Waals surface area contributed by atoms with Crippen LogP contribution in [0.2, 0.25) is 0 Å². The summed E-state index contributed by atoms with van der Waals surface area (Å²) in [5.74, 6) is 0. The molecule has 1 aliphatic rings. The number of carbonyl (C=O) groups is 1. The van der Waals surface area contributed by atoms with Crippen molar-refractivity contribution in [1.82, 2.24) is 25.0 Å². The summed E-state index contributed by atoms with van der Waals surface area (Å²) in [6.45, 7) is 1.41. The van der Waals surface area contributed by atoms with Gasteiger partial charge in [0.1, 0.15) is 11.2 Å². The summed E-state index contributed by atoms with van der Waals surface area (Å²) in [7, 11) is 1.78. The fourth-order valence-electron chi connectivity index (χ4n) is 2.70. The van der Waals surface area contributed by atoms with Crippen LogP contribution in [0.1, 0.15) is 11.4 Å². The number of urea groups is 1. The number of rotatable bonds is 5. The Hall–Kier alpha value is -2.00. The molecule has 23 heavy (non-hydrogen) atoms. The van der Waals surface area contributed by atoms with E-state index in [2.05, 4.69) is 20.7 Å². The van der Waals surface area contributed by atoms with E-state index >= 15 is 0 Å². The van der Waals surface area contributed by atoms with Crippen molar-refractivity contribution >= 4 is 23.1 Å². The third-order valence-electron chi connectivity index (χ3n) is 3.76. The molecule has 0 unspecified atom stereocenters. The van der Waals surface area contributed by atoms with Crippen LogP contribution in [0.25, 0.3) is 0 Å². The molecule has 2 aromatic heterocycles. The number of carbonyl (C=O) groups excluding carboxylic acids is 1. The maximum atomic E-state index is 13.7. The SMILES string of the molecule is Cn1cc(NC(=O)NC[C@@H]2C[C@H](F)CN2Cc2nccs2)cn1. The van der Waals surface area contributed by atoms with Crippen LogP contribution < -0.4 is 10.6 Å². The molecule has 9 heteroatoms. The monoisotopic (exact) mass is 338 g/mol. The number of anilines is 1. The van der Waals surface area contributed by atoms with Gasteiger partial charge in [0.2, 0.25) is 0 Å². The molecule has 1 saturated heterocycles. The Labute approximate surface area is 137 Å². The second-order valence-corrected chi connectivity index (χ2v) is 6.56. The first-order valence-electron chi connectivity index (χ1n) is 7.40. The fraction of sp³-hybridized carbons (Fsp3) is 0.500. The zero-order valence-corrected chi connectivity index (χ0v) is 13.6. The number of hydrogen-bond acceptors (Lipinski definition) is 5. The lowest BCUT2D eigenvalue weighted by molar-refractivity contribution is 0.224. The molecule has 0 aliphatic carbocycles. The van der Waals surface area contributed by atoms with Crippen LogP contribution in [-0.4, -0.2) is 51.0 Å². The summed E-state index contributed by atoms with van der Waals surface area (Å²) in [6, 6.07) is -0.331. The van der Waals surface area contributed by atoms with Crippen molar-refractivity contribution in [2.75, 3.05) is 18.4 Å². The third-order valence-corrected chi connectivity index (χ3v) is 4.52. The largest absolute Gasteiger partial charge is 0.336 e. The van der Waals surface area contributed by atoms with Crippen molar-refractivity contribution < 1.29 is 9.18 Å². The van der Waals surface area contributed by atoms with Gasteiger partial charge in [-0.1, -0.05) is 0 Å². The third kappa shape index (κ3) is 4.26. The second kappa shape index (κ2) is 7.05. The van der Waals surface area contributed by atoms with Gasteiger partial charge in [0.15, 0.2) is 0 Å². The maximum absolute atomic E-state index is 13.7. The minimum absolute atomic E-state index is 0.0199. The highest BCUT2D eigenvalue weighted by atomic mass is 32.1. The number of nitrogens with zero attached hydrogens (tertiary/aromatic N) is 4. The Morgan fingerprint density at radius 2 is 2.43 bits per heavy atom. The molecule has 3 heterocycles. The van der Waals surface area contributed by atoms with Gasteiger partial charge in [-0.2, -0.15) is 5.10 Å². The number of aryl methyl sites for hydroxylation is 1. The second-order valence-electron chi connectivity index (χ2n) is 5.58. The predicted molar refractivity (Wildman–Crippen MR) is 86.1 cm³/mol. The highest BCUT2D eigenvalue weighted by Crippen LogP contribution is 2.23. The lowest BCUT2D eigenvalue weighted by atomic mass is 10.2. The van der Waals surface area contributed by atoms with Crippen molar-refractivity contribution in [2.45, 2.75) is 25.2 Å².